The molecule has 3 nitrogen and oxygen atoms in total. The zero-order valence-electron chi connectivity index (χ0n) is 8.38. The fourth-order valence-electron chi connectivity index (χ4n) is 1.71. The molecule has 0 spiro atoms. The van der Waals surface area contributed by atoms with Crippen molar-refractivity contribution in [2.24, 2.45) is 7.05 Å². The molecule has 1 aromatic rings. The van der Waals surface area contributed by atoms with E-state index in [1.165, 1.54) is 24.1 Å². The first-order chi connectivity index (χ1) is 6.31. The lowest BCUT2D eigenvalue weighted by molar-refractivity contribution is 0.744. The van der Waals surface area contributed by atoms with Crippen LogP contribution in [0.15, 0.2) is 6.20 Å². The molecule has 1 heterocycles. The van der Waals surface area contributed by atoms with Gasteiger partial charge in [-0.1, -0.05) is 0 Å². The van der Waals surface area contributed by atoms with Crippen LogP contribution in [-0.2, 0) is 13.5 Å². The van der Waals surface area contributed by atoms with Crippen LogP contribution in [0.3, 0.4) is 0 Å². The minimum Gasteiger partial charge on any atom is -0.319 e. The average Bonchev–Trinajstić information content (AvgIpc) is 2.88. The van der Waals surface area contributed by atoms with Gasteiger partial charge in [0.25, 0.3) is 0 Å². The molecule has 72 valence electrons. The van der Waals surface area contributed by atoms with Crippen molar-refractivity contribution >= 4 is 0 Å². The van der Waals surface area contributed by atoms with Gasteiger partial charge in [0.2, 0.25) is 0 Å². The molecule has 0 unspecified atom stereocenters. The highest BCUT2D eigenvalue weighted by molar-refractivity contribution is 5.25. The van der Waals surface area contributed by atoms with E-state index in [4.69, 9.17) is 0 Å². The highest BCUT2D eigenvalue weighted by atomic mass is 15.3. The predicted octanol–water partition coefficient (Wildman–Crippen LogP) is 1.06. The Morgan fingerprint density at radius 1 is 1.62 bits per heavy atom. The van der Waals surface area contributed by atoms with Crippen molar-refractivity contribution in [2.75, 3.05) is 13.6 Å². The third kappa shape index (κ3) is 1.91. The first kappa shape index (κ1) is 8.75. The summed E-state index contributed by atoms with van der Waals surface area (Å²) in [5.41, 5.74) is 2.78. The van der Waals surface area contributed by atoms with Gasteiger partial charge >= 0.3 is 0 Å². The van der Waals surface area contributed by atoms with Gasteiger partial charge in [-0.25, -0.2) is 0 Å². The summed E-state index contributed by atoms with van der Waals surface area (Å²) >= 11 is 0. The van der Waals surface area contributed by atoms with Crippen molar-refractivity contribution in [3.63, 3.8) is 0 Å². The molecule has 0 aromatic carbocycles. The Morgan fingerprint density at radius 2 is 2.38 bits per heavy atom. The molecule has 13 heavy (non-hydrogen) atoms. The maximum Gasteiger partial charge on any atom is 0.0687 e. The number of aryl methyl sites for hydroxylation is 1. The Kier molecular flexibility index (Phi) is 2.36. The first-order valence-corrected chi connectivity index (χ1v) is 4.98. The molecule has 1 fully saturated rings. The second-order valence-corrected chi connectivity index (χ2v) is 3.84. The minimum atomic E-state index is 0.771. The third-order valence-electron chi connectivity index (χ3n) is 2.55. The lowest BCUT2D eigenvalue weighted by atomic mass is 10.1. The summed E-state index contributed by atoms with van der Waals surface area (Å²) in [7, 11) is 4.00. The normalized spacial score (nSPS) is 16.5. The van der Waals surface area contributed by atoms with Gasteiger partial charge in [0, 0.05) is 19.2 Å². The molecule has 1 aromatic heterocycles. The maximum atomic E-state index is 4.51. The SMILES string of the molecule is CNCCc1cn(C)nc1C1CC1. The molecule has 0 aliphatic heterocycles. The van der Waals surface area contributed by atoms with Gasteiger partial charge < -0.3 is 5.32 Å². The summed E-state index contributed by atoms with van der Waals surface area (Å²) in [4.78, 5) is 0. The predicted molar refractivity (Wildman–Crippen MR) is 52.8 cm³/mol. The van der Waals surface area contributed by atoms with Gasteiger partial charge in [-0.2, -0.15) is 5.10 Å². The summed E-state index contributed by atoms with van der Waals surface area (Å²) in [5, 5.41) is 7.69. The molecule has 1 aliphatic carbocycles. The van der Waals surface area contributed by atoms with Crippen LogP contribution in [0.5, 0.6) is 0 Å². The van der Waals surface area contributed by atoms with Gasteiger partial charge in [-0.3, -0.25) is 4.68 Å². The summed E-state index contributed by atoms with van der Waals surface area (Å²) in [5.74, 6) is 0.771. The second kappa shape index (κ2) is 3.50. The molecule has 0 bridgehead atoms. The van der Waals surface area contributed by atoms with Gasteiger partial charge in [0.1, 0.15) is 0 Å². The number of rotatable bonds is 4. The molecule has 3 heteroatoms. The van der Waals surface area contributed by atoms with E-state index in [9.17, 15) is 0 Å². The van der Waals surface area contributed by atoms with Crippen LogP contribution in [0.1, 0.15) is 30.0 Å². The summed E-state index contributed by atoms with van der Waals surface area (Å²) in [6.07, 6.45) is 5.94. The van der Waals surface area contributed by atoms with Crippen molar-refractivity contribution in [2.45, 2.75) is 25.2 Å². The Bertz CT molecular complexity index is 286. The van der Waals surface area contributed by atoms with E-state index in [1.807, 2.05) is 18.8 Å². The average molecular weight is 179 g/mol. The fourth-order valence-corrected chi connectivity index (χ4v) is 1.71. The van der Waals surface area contributed by atoms with Gasteiger partial charge in [0.05, 0.1) is 5.69 Å². The standard InChI is InChI=1S/C10H17N3/c1-11-6-5-9-7-13(2)12-10(9)8-3-4-8/h7-8,11H,3-6H2,1-2H3. The summed E-state index contributed by atoms with van der Waals surface area (Å²) < 4.78 is 1.94. The Hall–Kier alpha value is -0.830. The van der Waals surface area contributed by atoms with Crippen molar-refractivity contribution in [1.82, 2.24) is 15.1 Å². The summed E-state index contributed by atoms with van der Waals surface area (Å²) in [6, 6.07) is 0. The van der Waals surface area contributed by atoms with Crippen molar-refractivity contribution in [3.05, 3.63) is 17.5 Å². The molecule has 2 rings (SSSR count). The summed E-state index contributed by atoms with van der Waals surface area (Å²) in [6.45, 7) is 1.05. The first-order valence-electron chi connectivity index (χ1n) is 4.98. The van der Waals surface area contributed by atoms with E-state index in [-0.39, 0.29) is 0 Å². The molecule has 0 saturated heterocycles. The van der Waals surface area contributed by atoms with Crippen LogP contribution < -0.4 is 5.32 Å². The van der Waals surface area contributed by atoms with Crippen LogP contribution >= 0.6 is 0 Å². The maximum absolute atomic E-state index is 4.51. The monoisotopic (exact) mass is 179 g/mol. The molecule has 1 N–H and O–H groups in total. The molecule has 0 atom stereocenters. The Balaban J connectivity index is 2.11. The smallest absolute Gasteiger partial charge is 0.0687 e. The van der Waals surface area contributed by atoms with E-state index >= 15 is 0 Å². The molecule has 1 saturated carbocycles. The molecule has 0 amide bonds. The van der Waals surface area contributed by atoms with E-state index in [1.54, 1.807) is 0 Å². The molecular weight excluding hydrogens is 162 g/mol. The molecule has 0 radical (unpaired) electrons. The van der Waals surface area contributed by atoms with Crippen molar-refractivity contribution in [1.29, 1.82) is 0 Å². The number of likely N-dealkylation sites (N-methyl/N-ethyl adjacent to an activating group) is 1. The van der Waals surface area contributed by atoms with Crippen molar-refractivity contribution < 1.29 is 0 Å². The van der Waals surface area contributed by atoms with Crippen LogP contribution in [-0.4, -0.2) is 23.4 Å². The van der Waals surface area contributed by atoms with Gasteiger partial charge in [-0.15, -0.1) is 0 Å². The lowest BCUT2D eigenvalue weighted by Gasteiger charge is -1.98. The Morgan fingerprint density at radius 3 is 3.00 bits per heavy atom. The van der Waals surface area contributed by atoms with Crippen LogP contribution in [0.2, 0.25) is 0 Å². The number of hydrogen-bond acceptors (Lipinski definition) is 2. The third-order valence-corrected chi connectivity index (χ3v) is 2.55. The zero-order valence-corrected chi connectivity index (χ0v) is 8.38. The highest BCUT2D eigenvalue weighted by Gasteiger charge is 2.28. The lowest BCUT2D eigenvalue weighted by Crippen LogP contribution is -2.10. The fraction of sp³-hybridized carbons (Fsp3) is 0.700. The topological polar surface area (TPSA) is 29.9 Å². The second-order valence-electron chi connectivity index (χ2n) is 3.84. The quantitative estimate of drug-likeness (QED) is 0.749. The number of nitrogens with zero attached hydrogens (tertiary/aromatic N) is 2. The van der Waals surface area contributed by atoms with Gasteiger partial charge in [0.15, 0.2) is 0 Å². The van der Waals surface area contributed by atoms with Crippen LogP contribution in [0.4, 0.5) is 0 Å². The number of aromatic nitrogens is 2. The number of hydrogen-bond donors (Lipinski definition) is 1. The number of nitrogens with one attached hydrogen (secondary N) is 1. The van der Waals surface area contributed by atoms with Crippen LogP contribution in [0.25, 0.3) is 0 Å². The molecule has 1 aliphatic rings. The largest absolute Gasteiger partial charge is 0.319 e. The van der Waals surface area contributed by atoms with E-state index < -0.39 is 0 Å². The minimum absolute atomic E-state index is 0.771. The zero-order chi connectivity index (χ0) is 9.26. The van der Waals surface area contributed by atoms with Crippen molar-refractivity contribution in [3.8, 4) is 0 Å². The molecular formula is C10H17N3. The highest BCUT2D eigenvalue weighted by Crippen LogP contribution is 2.40. The van der Waals surface area contributed by atoms with E-state index in [2.05, 4.69) is 16.6 Å². The van der Waals surface area contributed by atoms with E-state index in [0.29, 0.717) is 0 Å². The van der Waals surface area contributed by atoms with Crippen LogP contribution in [0, 0.1) is 0 Å². The van der Waals surface area contributed by atoms with E-state index in [0.717, 1.165) is 18.9 Å². The Labute approximate surface area is 79.1 Å². The van der Waals surface area contributed by atoms with Gasteiger partial charge in [-0.05, 0) is 38.4 Å².